The maximum atomic E-state index is 12.8. The molecule has 0 spiro atoms. The van der Waals surface area contributed by atoms with Crippen LogP contribution in [0.5, 0.6) is 0 Å². The van der Waals surface area contributed by atoms with Gasteiger partial charge < -0.3 is 9.47 Å². The van der Waals surface area contributed by atoms with E-state index in [1.807, 2.05) is 0 Å². The molecule has 9 heteroatoms. The summed E-state index contributed by atoms with van der Waals surface area (Å²) in [7, 11) is 0. The van der Waals surface area contributed by atoms with E-state index in [9.17, 15) is 22.8 Å². The predicted molar refractivity (Wildman–Crippen MR) is 81.3 cm³/mol. The fraction of sp³-hybridized carbons (Fsp3) is 0.188. The Morgan fingerprint density at radius 1 is 0.960 bits per heavy atom. The third kappa shape index (κ3) is 4.93. The van der Waals surface area contributed by atoms with Crippen molar-refractivity contribution in [3.05, 3.63) is 64.4 Å². The molecule has 0 saturated carbocycles. The summed E-state index contributed by atoms with van der Waals surface area (Å²) in [6.45, 7) is -0.751. The summed E-state index contributed by atoms with van der Waals surface area (Å²) in [5.41, 5.74) is -1.69. The minimum Gasteiger partial charge on any atom is -0.458 e. The van der Waals surface area contributed by atoms with Gasteiger partial charge in [0.25, 0.3) is 0 Å². The number of hydrogen-bond donors (Lipinski definition) is 0. The number of alkyl halides is 3. The Hall–Kier alpha value is -2.61. The largest absolute Gasteiger partial charge is 0.458 e. The number of halogens is 4. The summed E-state index contributed by atoms with van der Waals surface area (Å²) in [6.07, 6.45) is -3.29. The van der Waals surface area contributed by atoms with Crippen molar-refractivity contribution in [2.24, 2.45) is 0 Å². The normalized spacial score (nSPS) is 11.0. The van der Waals surface area contributed by atoms with Gasteiger partial charge >= 0.3 is 18.1 Å². The molecule has 2 aromatic rings. The molecule has 0 radical (unpaired) electrons. The minimum atomic E-state index is -4.68. The molecule has 0 N–H and O–H groups in total. The van der Waals surface area contributed by atoms with Gasteiger partial charge in [0.05, 0.1) is 16.7 Å². The van der Waals surface area contributed by atoms with E-state index in [2.05, 4.69) is 4.98 Å². The van der Waals surface area contributed by atoms with E-state index in [1.54, 1.807) is 0 Å². The zero-order valence-electron chi connectivity index (χ0n) is 12.5. The number of hydrogen-bond acceptors (Lipinski definition) is 5. The molecule has 0 aliphatic rings. The summed E-state index contributed by atoms with van der Waals surface area (Å²) in [5.74, 6) is -1.95. The third-order valence-electron chi connectivity index (χ3n) is 2.98. The number of esters is 2. The van der Waals surface area contributed by atoms with Crippen LogP contribution in [0.25, 0.3) is 0 Å². The van der Waals surface area contributed by atoms with E-state index in [-0.39, 0.29) is 17.3 Å². The van der Waals surface area contributed by atoms with Crippen LogP contribution in [-0.2, 0) is 15.7 Å². The Morgan fingerprint density at radius 3 is 2.12 bits per heavy atom. The second kappa shape index (κ2) is 7.98. The number of nitrogens with zero attached hydrogens (tertiary/aromatic N) is 1. The highest BCUT2D eigenvalue weighted by atomic mass is 35.5. The maximum Gasteiger partial charge on any atom is 0.417 e. The first-order chi connectivity index (χ1) is 11.8. The molecule has 25 heavy (non-hydrogen) atoms. The summed E-state index contributed by atoms with van der Waals surface area (Å²) < 4.78 is 48.0. The highest BCUT2D eigenvalue weighted by Gasteiger charge is 2.35. The molecular formula is C16H11ClF3NO4. The first-order valence-electron chi connectivity index (χ1n) is 6.91. The molecule has 1 aromatic carbocycles. The Morgan fingerprint density at radius 2 is 1.52 bits per heavy atom. The number of carbonyl (C=O) groups excluding carboxylic acids is 2. The van der Waals surface area contributed by atoms with Crippen molar-refractivity contribution in [2.45, 2.75) is 6.18 Å². The van der Waals surface area contributed by atoms with E-state index in [4.69, 9.17) is 21.1 Å². The van der Waals surface area contributed by atoms with Crippen LogP contribution in [0.1, 0.15) is 26.3 Å². The minimum absolute atomic E-state index is 0.0258. The lowest BCUT2D eigenvalue weighted by Crippen LogP contribution is -2.18. The van der Waals surface area contributed by atoms with Gasteiger partial charge in [0.2, 0.25) is 0 Å². The SMILES string of the molecule is O=C(OCCOC(=O)c1cccnc1Cl)c1ccccc1C(F)(F)F. The molecule has 1 aromatic heterocycles. The van der Waals surface area contributed by atoms with Crippen molar-refractivity contribution >= 4 is 23.5 Å². The number of benzene rings is 1. The second-order valence-electron chi connectivity index (χ2n) is 4.66. The monoisotopic (exact) mass is 373 g/mol. The molecule has 0 fully saturated rings. The van der Waals surface area contributed by atoms with Gasteiger partial charge in [-0.25, -0.2) is 14.6 Å². The fourth-order valence-corrected chi connectivity index (χ4v) is 2.07. The van der Waals surface area contributed by atoms with Gasteiger partial charge in [0.15, 0.2) is 0 Å². The van der Waals surface area contributed by atoms with Gasteiger partial charge in [0.1, 0.15) is 18.4 Å². The van der Waals surface area contributed by atoms with E-state index >= 15 is 0 Å². The number of pyridine rings is 1. The van der Waals surface area contributed by atoms with Crippen molar-refractivity contribution in [1.29, 1.82) is 0 Å². The van der Waals surface area contributed by atoms with Crippen LogP contribution in [-0.4, -0.2) is 30.1 Å². The summed E-state index contributed by atoms with van der Waals surface area (Å²) in [5, 5.41) is -0.0522. The average molecular weight is 374 g/mol. The molecule has 0 aliphatic carbocycles. The first-order valence-corrected chi connectivity index (χ1v) is 7.29. The van der Waals surface area contributed by atoms with Gasteiger partial charge in [0, 0.05) is 6.20 Å². The topological polar surface area (TPSA) is 65.5 Å². The fourth-order valence-electron chi connectivity index (χ4n) is 1.87. The Labute approximate surface area is 145 Å². The first kappa shape index (κ1) is 18.7. The molecule has 5 nitrogen and oxygen atoms in total. The molecule has 132 valence electrons. The summed E-state index contributed by atoms with van der Waals surface area (Å²) in [6, 6.07) is 7.11. The van der Waals surface area contributed by atoms with Gasteiger partial charge in [-0.1, -0.05) is 23.7 Å². The number of ether oxygens (including phenoxy) is 2. The standard InChI is InChI=1S/C16H11ClF3NO4/c17-13-11(5-3-7-21-13)15(23)25-9-8-24-14(22)10-4-1-2-6-12(10)16(18,19)20/h1-7H,8-9H2. The van der Waals surface area contributed by atoms with E-state index in [1.165, 1.54) is 30.5 Å². The maximum absolute atomic E-state index is 12.8. The zero-order valence-corrected chi connectivity index (χ0v) is 13.3. The van der Waals surface area contributed by atoms with Crippen LogP contribution in [0.3, 0.4) is 0 Å². The Balaban J connectivity index is 1.90. The molecule has 1 heterocycles. The van der Waals surface area contributed by atoms with Gasteiger partial charge in [-0.3, -0.25) is 0 Å². The second-order valence-corrected chi connectivity index (χ2v) is 5.01. The van der Waals surface area contributed by atoms with Crippen molar-refractivity contribution in [3.8, 4) is 0 Å². The Bertz CT molecular complexity index is 780. The predicted octanol–water partition coefficient (Wildman–Crippen LogP) is 3.77. The molecule has 0 amide bonds. The average Bonchev–Trinajstić information content (AvgIpc) is 2.58. The molecule has 0 atom stereocenters. The van der Waals surface area contributed by atoms with E-state index < -0.39 is 35.8 Å². The van der Waals surface area contributed by atoms with Crippen molar-refractivity contribution in [3.63, 3.8) is 0 Å². The summed E-state index contributed by atoms with van der Waals surface area (Å²) in [4.78, 5) is 27.2. The highest BCUT2D eigenvalue weighted by molar-refractivity contribution is 6.32. The van der Waals surface area contributed by atoms with Crippen molar-refractivity contribution < 1.29 is 32.2 Å². The van der Waals surface area contributed by atoms with Gasteiger partial charge in [-0.05, 0) is 24.3 Å². The number of aromatic nitrogens is 1. The van der Waals surface area contributed by atoms with Crippen LogP contribution in [0.15, 0.2) is 42.6 Å². The molecule has 0 unspecified atom stereocenters. The zero-order chi connectivity index (χ0) is 18.4. The van der Waals surface area contributed by atoms with Gasteiger partial charge in [-0.2, -0.15) is 13.2 Å². The molecule has 2 rings (SSSR count). The van der Waals surface area contributed by atoms with E-state index in [0.29, 0.717) is 0 Å². The Kier molecular flexibility index (Phi) is 5.97. The van der Waals surface area contributed by atoms with E-state index in [0.717, 1.165) is 12.1 Å². The number of carbonyl (C=O) groups is 2. The van der Waals surface area contributed by atoms with Crippen LogP contribution < -0.4 is 0 Å². The lowest BCUT2D eigenvalue weighted by Gasteiger charge is -2.12. The smallest absolute Gasteiger partial charge is 0.417 e. The quantitative estimate of drug-likeness (QED) is 0.453. The van der Waals surface area contributed by atoms with Crippen LogP contribution in [0.4, 0.5) is 13.2 Å². The molecule has 0 aliphatic heterocycles. The van der Waals surface area contributed by atoms with Crippen molar-refractivity contribution in [2.75, 3.05) is 13.2 Å². The summed E-state index contributed by atoms with van der Waals surface area (Å²) >= 11 is 5.72. The van der Waals surface area contributed by atoms with Crippen LogP contribution >= 0.6 is 11.6 Å². The lowest BCUT2D eigenvalue weighted by atomic mass is 10.1. The lowest BCUT2D eigenvalue weighted by molar-refractivity contribution is -0.138. The number of rotatable bonds is 5. The molecule has 0 bridgehead atoms. The van der Waals surface area contributed by atoms with Crippen molar-refractivity contribution in [1.82, 2.24) is 4.98 Å². The third-order valence-corrected chi connectivity index (χ3v) is 3.28. The van der Waals surface area contributed by atoms with Gasteiger partial charge in [-0.15, -0.1) is 0 Å². The molecular weight excluding hydrogens is 363 g/mol. The molecule has 0 saturated heterocycles. The van der Waals surface area contributed by atoms with Crippen LogP contribution in [0, 0.1) is 0 Å². The highest BCUT2D eigenvalue weighted by Crippen LogP contribution is 2.32. The van der Waals surface area contributed by atoms with Crippen LogP contribution in [0.2, 0.25) is 5.15 Å².